The number of aromatic nitrogens is 1. The summed E-state index contributed by atoms with van der Waals surface area (Å²) in [6, 6.07) is 6.10. The van der Waals surface area contributed by atoms with Crippen molar-refractivity contribution in [2.24, 2.45) is 7.05 Å². The molecule has 2 aromatic rings. The topological polar surface area (TPSA) is 59.3 Å². The van der Waals surface area contributed by atoms with Crippen molar-refractivity contribution in [3.05, 3.63) is 57.9 Å². The smallest absolute Gasteiger partial charge is 0.418 e. The number of rotatable bonds is 4. The molecule has 1 aromatic carbocycles. The average molecular weight is 346 g/mol. The fourth-order valence-electron chi connectivity index (χ4n) is 2.21. The third-order valence-corrected chi connectivity index (χ3v) is 3.54. The van der Waals surface area contributed by atoms with Gasteiger partial charge in [0, 0.05) is 23.3 Å². The lowest BCUT2D eigenvalue weighted by atomic mass is 10.0. The molecule has 0 radical (unpaired) electrons. The highest BCUT2D eigenvalue weighted by atomic mass is 35.5. The van der Waals surface area contributed by atoms with Crippen LogP contribution in [0.1, 0.15) is 27.3 Å². The van der Waals surface area contributed by atoms with E-state index in [0.29, 0.717) is 11.1 Å². The lowest BCUT2D eigenvalue weighted by Gasteiger charge is -2.10. The van der Waals surface area contributed by atoms with Gasteiger partial charge >= 0.3 is 12.1 Å². The Kier molecular flexibility index (Phi) is 4.51. The molecule has 0 fully saturated rings. The summed E-state index contributed by atoms with van der Waals surface area (Å²) in [7, 11) is 1.23. The van der Waals surface area contributed by atoms with E-state index in [-0.39, 0.29) is 11.3 Å². The zero-order chi connectivity index (χ0) is 17.4. The van der Waals surface area contributed by atoms with Gasteiger partial charge in [0.25, 0.3) is 0 Å². The zero-order valence-corrected chi connectivity index (χ0v) is 12.6. The summed E-state index contributed by atoms with van der Waals surface area (Å²) in [5, 5.41) is 9.13. The number of hydrogen-bond donors (Lipinski definition) is 1. The third-order valence-electron chi connectivity index (χ3n) is 3.29. The number of halogens is 4. The zero-order valence-electron chi connectivity index (χ0n) is 11.8. The molecule has 0 atom stereocenters. The minimum Gasteiger partial charge on any atom is -0.481 e. The van der Waals surface area contributed by atoms with Crippen LogP contribution in [-0.2, 0) is 24.4 Å². The number of nitrogens with zero attached hydrogens (tertiary/aromatic N) is 1. The SMILES string of the molecule is Cn1c(CC(=O)O)cc(C(F)(F)F)c1C(=O)c1ccc(Cl)cc1. The molecule has 0 aliphatic heterocycles. The fraction of sp³-hybridized carbons (Fsp3) is 0.200. The molecule has 2 rings (SSSR count). The highest BCUT2D eigenvalue weighted by molar-refractivity contribution is 6.30. The van der Waals surface area contributed by atoms with Crippen molar-refractivity contribution in [3.8, 4) is 0 Å². The van der Waals surface area contributed by atoms with Gasteiger partial charge in [-0.15, -0.1) is 0 Å². The summed E-state index contributed by atoms with van der Waals surface area (Å²) in [6.45, 7) is 0. The summed E-state index contributed by atoms with van der Waals surface area (Å²) in [5.74, 6) is -2.14. The van der Waals surface area contributed by atoms with Crippen molar-refractivity contribution in [3.63, 3.8) is 0 Å². The standard InChI is InChI=1S/C15H11ClF3NO3/c1-20-10(7-12(21)22)6-11(15(17,18)19)13(20)14(23)8-2-4-9(16)5-3-8/h2-6H,7H2,1H3,(H,21,22). The number of hydrogen-bond acceptors (Lipinski definition) is 2. The van der Waals surface area contributed by atoms with Gasteiger partial charge in [-0.05, 0) is 30.3 Å². The van der Waals surface area contributed by atoms with E-state index in [0.717, 1.165) is 4.57 Å². The molecule has 0 bridgehead atoms. The van der Waals surface area contributed by atoms with Gasteiger partial charge in [-0.3, -0.25) is 9.59 Å². The number of carbonyl (C=O) groups excluding carboxylic acids is 1. The second kappa shape index (κ2) is 6.08. The molecule has 4 nitrogen and oxygen atoms in total. The van der Waals surface area contributed by atoms with Gasteiger partial charge in [-0.25, -0.2) is 0 Å². The first-order chi connectivity index (χ1) is 10.6. The summed E-state index contributed by atoms with van der Waals surface area (Å²) in [5.41, 5.74) is -1.84. The summed E-state index contributed by atoms with van der Waals surface area (Å²) >= 11 is 5.70. The van der Waals surface area contributed by atoms with Crippen LogP contribution in [0.4, 0.5) is 13.2 Å². The Labute approximate surface area is 134 Å². The van der Waals surface area contributed by atoms with Gasteiger partial charge in [-0.1, -0.05) is 11.6 Å². The van der Waals surface area contributed by atoms with E-state index < -0.39 is 35.6 Å². The number of ketones is 1. The summed E-state index contributed by atoms with van der Waals surface area (Å²) in [4.78, 5) is 23.2. The molecule has 23 heavy (non-hydrogen) atoms. The van der Waals surface area contributed by atoms with Gasteiger partial charge in [0.1, 0.15) is 5.69 Å². The second-order valence-corrected chi connectivity index (χ2v) is 5.30. The number of aliphatic carboxylic acids is 1. The number of alkyl halides is 3. The molecule has 1 heterocycles. The van der Waals surface area contributed by atoms with Gasteiger partial charge in [0.15, 0.2) is 0 Å². The van der Waals surface area contributed by atoms with Gasteiger partial charge in [0.2, 0.25) is 5.78 Å². The molecule has 0 aliphatic rings. The van der Waals surface area contributed by atoms with E-state index in [1.807, 2.05) is 0 Å². The highest BCUT2D eigenvalue weighted by Gasteiger charge is 2.38. The predicted octanol–water partition coefficient (Wildman–Crippen LogP) is 3.56. The van der Waals surface area contributed by atoms with Crippen molar-refractivity contribution in [2.75, 3.05) is 0 Å². The van der Waals surface area contributed by atoms with Crippen LogP contribution >= 0.6 is 11.6 Å². The Hall–Kier alpha value is -2.28. The van der Waals surface area contributed by atoms with Gasteiger partial charge in [0.05, 0.1) is 12.0 Å². The lowest BCUT2D eigenvalue weighted by molar-refractivity contribution is -0.138. The van der Waals surface area contributed by atoms with Crippen LogP contribution in [0, 0.1) is 0 Å². The Bertz CT molecular complexity index is 764. The molecule has 0 unspecified atom stereocenters. The quantitative estimate of drug-likeness (QED) is 0.862. The maximum atomic E-state index is 13.2. The first kappa shape index (κ1) is 17.1. The van der Waals surface area contributed by atoms with Crippen molar-refractivity contribution in [1.82, 2.24) is 4.57 Å². The molecule has 0 aliphatic carbocycles. The molecule has 1 N–H and O–H groups in total. The molecule has 0 spiro atoms. The van der Waals surface area contributed by atoms with Crippen molar-refractivity contribution in [1.29, 1.82) is 0 Å². The Morgan fingerprint density at radius 3 is 2.26 bits per heavy atom. The van der Waals surface area contributed by atoms with Gasteiger partial charge in [-0.2, -0.15) is 13.2 Å². The van der Waals surface area contributed by atoms with E-state index in [1.54, 1.807) is 0 Å². The molecule has 1 aromatic heterocycles. The Morgan fingerprint density at radius 2 is 1.78 bits per heavy atom. The second-order valence-electron chi connectivity index (χ2n) is 4.86. The van der Waals surface area contributed by atoms with Crippen molar-refractivity contribution < 1.29 is 27.9 Å². The Balaban J connectivity index is 2.59. The van der Waals surface area contributed by atoms with Gasteiger partial charge < -0.3 is 9.67 Å². The number of carboxylic acid groups (broad SMARTS) is 1. The minimum atomic E-state index is -4.77. The first-order valence-electron chi connectivity index (χ1n) is 6.39. The monoisotopic (exact) mass is 345 g/mol. The van der Waals surface area contributed by atoms with Crippen LogP contribution < -0.4 is 0 Å². The van der Waals surface area contributed by atoms with E-state index >= 15 is 0 Å². The van der Waals surface area contributed by atoms with Crippen molar-refractivity contribution in [2.45, 2.75) is 12.6 Å². The largest absolute Gasteiger partial charge is 0.481 e. The van der Waals surface area contributed by atoms with E-state index in [4.69, 9.17) is 16.7 Å². The minimum absolute atomic E-state index is 0.0305. The Morgan fingerprint density at radius 1 is 1.22 bits per heavy atom. The molecule has 8 heteroatoms. The molecule has 0 saturated heterocycles. The molecule has 0 amide bonds. The van der Waals surface area contributed by atoms with Crippen LogP contribution in [0.3, 0.4) is 0 Å². The summed E-state index contributed by atoms with van der Waals surface area (Å²) < 4.78 is 40.5. The van der Waals surface area contributed by atoms with Crippen molar-refractivity contribution >= 4 is 23.4 Å². The highest BCUT2D eigenvalue weighted by Crippen LogP contribution is 2.35. The fourth-order valence-corrected chi connectivity index (χ4v) is 2.34. The first-order valence-corrected chi connectivity index (χ1v) is 6.77. The van der Waals surface area contributed by atoms with Crippen LogP contribution in [0.5, 0.6) is 0 Å². The third kappa shape index (κ3) is 3.56. The number of carbonyl (C=O) groups is 2. The van der Waals surface area contributed by atoms with Crippen LogP contribution in [0.15, 0.2) is 30.3 Å². The van der Waals surface area contributed by atoms with Crippen LogP contribution in [-0.4, -0.2) is 21.4 Å². The molecular weight excluding hydrogens is 335 g/mol. The summed E-state index contributed by atoms with van der Waals surface area (Å²) in [6.07, 6.45) is -5.39. The maximum Gasteiger partial charge on any atom is 0.418 e. The van der Waals surface area contributed by atoms with E-state index in [2.05, 4.69) is 0 Å². The average Bonchev–Trinajstić information content (AvgIpc) is 2.75. The van der Waals surface area contributed by atoms with Crippen LogP contribution in [0.25, 0.3) is 0 Å². The molecular formula is C15H11ClF3NO3. The van der Waals surface area contributed by atoms with E-state index in [1.165, 1.54) is 31.3 Å². The lowest BCUT2D eigenvalue weighted by Crippen LogP contribution is -2.16. The number of benzene rings is 1. The predicted molar refractivity (Wildman–Crippen MR) is 76.6 cm³/mol. The van der Waals surface area contributed by atoms with E-state index in [9.17, 15) is 22.8 Å². The van der Waals surface area contributed by atoms with Crippen LogP contribution in [0.2, 0.25) is 5.02 Å². The maximum absolute atomic E-state index is 13.2. The normalized spacial score (nSPS) is 11.5. The number of carboxylic acids is 1. The molecule has 122 valence electrons. The molecule has 0 saturated carbocycles.